The van der Waals surface area contributed by atoms with Gasteiger partial charge in [-0.25, -0.2) is 8.78 Å². The van der Waals surface area contributed by atoms with Crippen LogP contribution in [-0.4, -0.2) is 32.9 Å². The molecule has 0 radical (unpaired) electrons. The van der Waals surface area contributed by atoms with Gasteiger partial charge >= 0.3 is 0 Å². The minimum absolute atomic E-state index is 0.0169. The Labute approximate surface area is 65.5 Å². The van der Waals surface area contributed by atoms with E-state index in [2.05, 4.69) is 4.74 Å². The van der Waals surface area contributed by atoms with Crippen molar-refractivity contribution >= 4 is 0 Å². The molecule has 0 amide bonds. The van der Waals surface area contributed by atoms with Crippen molar-refractivity contribution in [2.45, 2.75) is 19.5 Å². The van der Waals surface area contributed by atoms with E-state index in [4.69, 9.17) is 4.74 Å². The Morgan fingerprint density at radius 3 is 2.64 bits per heavy atom. The molecule has 0 aromatic carbocycles. The van der Waals surface area contributed by atoms with Gasteiger partial charge in [-0.1, -0.05) is 6.92 Å². The van der Waals surface area contributed by atoms with Crippen LogP contribution in [0.3, 0.4) is 0 Å². The molecule has 4 heteroatoms. The summed E-state index contributed by atoms with van der Waals surface area (Å²) in [5.74, 6) is 0. The van der Waals surface area contributed by atoms with Gasteiger partial charge in [-0.15, -0.1) is 0 Å². The van der Waals surface area contributed by atoms with Gasteiger partial charge in [0.05, 0.1) is 13.2 Å². The minimum atomic E-state index is -0.941. The van der Waals surface area contributed by atoms with E-state index in [-0.39, 0.29) is 20.0 Å². The largest absolute Gasteiger partial charge is 0.353 e. The number of hydrogen-bond donors (Lipinski definition) is 0. The molecular weight excluding hydrogens is 154 g/mol. The third-order valence-electron chi connectivity index (χ3n) is 1.13. The van der Waals surface area contributed by atoms with Crippen molar-refractivity contribution in [1.82, 2.24) is 0 Å². The molecule has 0 aromatic heterocycles. The first-order chi connectivity index (χ1) is 5.31. The average molecular weight is 168 g/mol. The van der Waals surface area contributed by atoms with Gasteiger partial charge in [0.1, 0.15) is 19.6 Å². The fourth-order valence-electron chi connectivity index (χ4n) is 0.466. The van der Waals surface area contributed by atoms with Crippen molar-refractivity contribution in [2.75, 3.05) is 26.7 Å². The molecule has 11 heavy (non-hydrogen) atoms. The monoisotopic (exact) mass is 168 g/mol. The minimum Gasteiger partial charge on any atom is -0.353 e. The van der Waals surface area contributed by atoms with Crippen LogP contribution in [0.2, 0.25) is 0 Å². The first kappa shape index (κ1) is 10.8. The van der Waals surface area contributed by atoms with Crippen LogP contribution in [0.15, 0.2) is 0 Å². The summed E-state index contributed by atoms with van der Waals surface area (Å²) in [6.07, 6.45) is -0.507. The molecule has 1 atom stereocenters. The topological polar surface area (TPSA) is 18.5 Å². The fraction of sp³-hybridized carbons (Fsp3) is 1.00. The zero-order chi connectivity index (χ0) is 8.53. The number of rotatable bonds is 7. The maximum absolute atomic E-state index is 12.4. The lowest BCUT2D eigenvalue weighted by atomic mass is 10.3. The van der Waals surface area contributed by atoms with E-state index in [0.29, 0.717) is 6.42 Å². The van der Waals surface area contributed by atoms with Crippen LogP contribution >= 0.6 is 0 Å². The molecule has 0 N–H and O–H groups in total. The van der Waals surface area contributed by atoms with Crippen LogP contribution < -0.4 is 0 Å². The van der Waals surface area contributed by atoms with Gasteiger partial charge in [-0.3, -0.25) is 0 Å². The molecule has 0 aliphatic carbocycles. The molecular formula is C7H14F2O2. The van der Waals surface area contributed by atoms with Crippen molar-refractivity contribution in [3.63, 3.8) is 0 Å². The lowest BCUT2D eigenvalue weighted by Crippen LogP contribution is -2.11. The first-order valence-corrected chi connectivity index (χ1v) is 3.66. The van der Waals surface area contributed by atoms with Gasteiger partial charge in [0.15, 0.2) is 0 Å². The summed E-state index contributed by atoms with van der Waals surface area (Å²) in [5, 5.41) is 0. The van der Waals surface area contributed by atoms with E-state index in [0.717, 1.165) is 0 Å². The van der Waals surface area contributed by atoms with Gasteiger partial charge in [0.25, 0.3) is 0 Å². The number of ether oxygens (including phenoxy) is 2. The average Bonchev–Trinajstić information content (AvgIpc) is 2.04. The van der Waals surface area contributed by atoms with E-state index < -0.39 is 12.8 Å². The molecule has 0 aliphatic rings. The highest BCUT2D eigenvalue weighted by molar-refractivity contribution is 4.47. The number of hydrogen-bond acceptors (Lipinski definition) is 2. The number of alkyl halides is 2. The molecule has 0 aliphatic heterocycles. The lowest BCUT2D eigenvalue weighted by molar-refractivity contribution is -0.0704. The van der Waals surface area contributed by atoms with Gasteiger partial charge in [-0.2, -0.15) is 0 Å². The SMILES string of the molecule is CCC(F)COCOCCF. The van der Waals surface area contributed by atoms with Gasteiger partial charge in [0, 0.05) is 0 Å². The Hall–Kier alpha value is -0.220. The van der Waals surface area contributed by atoms with Crippen molar-refractivity contribution in [1.29, 1.82) is 0 Å². The molecule has 0 fully saturated rings. The highest BCUT2D eigenvalue weighted by atomic mass is 19.1. The van der Waals surface area contributed by atoms with E-state index in [1.54, 1.807) is 6.92 Å². The Kier molecular flexibility index (Phi) is 7.72. The quantitative estimate of drug-likeness (QED) is 0.425. The molecule has 0 rings (SSSR count). The molecule has 0 spiro atoms. The van der Waals surface area contributed by atoms with Crippen LogP contribution in [0.1, 0.15) is 13.3 Å². The van der Waals surface area contributed by atoms with Crippen LogP contribution in [0.5, 0.6) is 0 Å². The van der Waals surface area contributed by atoms with Gasteiger partial charge < -0.3 is 9.47 Å². The van der Waals surface area contributed by atoms with Crippen LogP contribution in [-0.2, 0) is 9.47 Å². The summed E-state index contributed by atoms with van der Waals surface area (Å²) >= 11 is 0. The zero-order valence-electron chi connectivity index (χ0n) is 6.69. The summed E-state index contributed by atoms with van der Waals surface area (Å²) < 4.78 is 33.1. The second-order valence-corrected chi connectivity index (χ2v) is 2.09. The van der Waals surface area contributed by atoms with Crippen LogP contribution in [0.4, 0.5) is 8.78 Å². The Bertz CT molecular complexity index is 80.8. The highest BCUT2D eigenvalue weighted by Crippen LogP contribution is 1.96. The second kappa shape index (κ2) is 7.88. The summed E-state index contributed by atoms with van der Waals surface area (Å²) in [6, 6.07) is 0. The Morgan fingerprint density at radius 1 is 1.36 bits per heavy atom. The van der Waals surface area contributed by atoms with E-state index >= 15 is 0 Å². The third kappa shape index (κ3) is 7.68. The molecule has 0 bridgehead atoms. The smallest absolute Gasteiger partial charge is 0.146 e. The van der Waals surface area contributed by atoms with E-state index in [9.17, 15) is 8.78 Å². The number of halogens is 2. The predicted molar refractivity (Wildman–Crippen MR) is 37.9 cm³/mol. The zero-order valence-corrected chi connectivity index (χ0v) is 6.69. The highest BCUT2D eigenvalue weighted by Gasteiger charge is 2.01. The molecule has 2 nitrogen and oxygen atoms in total. The second-order valence-electron chi connectivity index (χ2n) is 2.09. The summed E-state index contributed by atoms with van der Waals surface area (Å²) in [7, 11) is 0. The molecule has 0 aromatic rings. The molecule has 1 unspecified atom stereocenters. The van der Waals surface area contributed by atoms with Crippen molar-refractivity contribution in [3.05, 3.63) is 0 Å². The Morgan fingerprint density at radius 2 is 2.09 bits per heavy atom. The van der Waals surface area contributed by atoms with Crippen molar-refractivity contribution < 1.29 is 18.3 Å². The third-order valence-corrected chi connectivity index (χ3v) is 1.13. The summed E-state index contributed by atoms with van der Waals surface area (Å²) in [4.78, 5) is 0. The molecule has 0 saturated heterocycles. The van der Waals surface area contributed by atoms with Gasteiger partial charge in [0.2, 0.25) is 0 Å². The molecule has 0 saturated carbocycles. The first-order valence-electron chi connectivity index (χ1n) is 3.66. The maximum Gasteiger partial charge on any atom is 0.146 e. The molecule has 0 heterocycles. The van der Waals surface area contributed by atoms with E-state index in [1.807, 2.05) is 0 Å². The van der Waals surface area contributed by atoms with Crippen LogP contribution in [0, 0.1) is 0 Å². The molecule has 68 valence electrons. The van der Waals surface area contributed by atoms with Crippen molar-refractivity contribution in [3.8, 4) is 0 Å². The normalized spacial score (nSPS) is 13.4. The van der Waals surface area contributed by atoms with Crippen LogP contribution in [0.25, 0.3) is 0 Å². The predicted octanol–water partition coefficient (Wildman–Crippen LogP) is 1.69. The fourth-order valence-corrected chi connectivity index (χ4v) is 0.466. The Balaban J connectivity index is 2.89. The van der Waals surface area contributed by atoms with Crippen molar-refractivity contribution in [2.24, 2.45) is 0 Å². The lowest BCUT2D eigenvalue weighted by Gasteiger charge is -2.06. The van der Waals surface area contributed by atoms with E-state index in [1.165, 1.54) is 0 Å². The summed E-state index contributed by atoms with van der Waals surface area (Å²) in [5.41, 5.74) is 0. The van der Waals surface area contributed by atoms with Gasteiger partial charge in [-0.05, 0) is 6.42 Å². The standard InChI is InChI=1S/C7H14F2O2/c1-2-7(9)5-11-6-10-4-3-8/h7H,2-6H2,1H3. The maximum atomic E-state index is 12.4. The summed E-state index contributed by atoms with van der Waals surface area (Å²) in [6.45, 7) is 1.23.